The van der Waals surface area contributed by atoms with E-state index in [9.17, 15) is 18.0 Å². The Morgan fingerprint density at radius 2 is 1.94 bits per heavy atom. The van der Waals surface area contributed by atoms with Gasteiger partial charge in [-0.3, -0.25) is 15.1 Å². The maximum absolute atomic E-state index is 12.4. The Labute approximate surface area is 99.3 Å². The normalized spacial score (nSPS) is 15.8. The summed E-state index contributed by atoms with van der Waals surface area (Å²) >= 11 is 0. The molecule has 0 radical (unpaired) electrons. The molecule has 0 saturated carbocycles. The Morgan fingerprint density at radius 1 is 1.41 bits per heavy atom. The van der Waals surface area contributed by atoms with Crippen molar-refractivity contribution in [2.75, 3.05) is 13.1 Å². The van der Waals surface area contributed by atoms with Crippen molar-refractivity contribution in [1.82, 2.24) is 10.3 Å². The third-order valence-electron chi connectivity index (χ3n) is 2.75. The lowest BCUT2D eigenvalue weighted by atomic mass is 10.0. The predicted octanol–water partition coefficient (Wildman–Crippen LogP) is 1.28. The molecule has 4 nitrogen and oxygen atoms in total. The van der Waals surface area contributed by atoms with Gasteiger partial charge in [-0.05, 0) is 19.9 Å². The van der Waals surface area contributed by atoms with E-state index in [1.165, 1.54) is 4.90 Å². The first-order valence-electron chi connectivity index (χ1n) is 5.54. The third kappa shape index (κ3) is 5.88. The van der Waals surface area contributed by atoms with Crippen molar-refractivity contribution in [3.05, 3.63) is 0 Å². The van der Waals surface area contributed by atoms with Crippen molar-refractivity contribution in [2.45, 2.75) is 39.4 Å². The number of nitrogens with one attached hydrogen (secondary N) is 1. The van der Waals surface area contributed by atoms with E-state index >= 15 is 0 Å². The van der Waals surface area contributed by atoms with Crippen LogP contribution in [0, 0.1) is 5.92 Å². The molecule has 0 aromatic carbocycles. The number of rotatable bonds is 6. The maximum Gasteiger partial charge on any atom is 0.401 e. The number of hydrazine groups is 1. The quantitative estimate of drug-likeness (QED) is 0.427. The highest BCUT2D eigenvalue weighted by Gasteiger charge is 2.34. The molecule has 0 heterocycles. The number of nitrogens with two attached hydrogens (primary N) is 1. The average molecular weight is 255 g/mol. The summed E-state index contributed by atoms with van der Waals surface area (Å²) in [5, 5.41) is 0. The average Bonchev–Trinajstić information content (AvgIpc) is 2.23. The molecule has 0 rings (SSSR count). The van der Waals surface area contributed by atoms with E-state index in [1.54, 1.807) is 20.8 Å². The molecule has 17 heavy (non-hydrogen) atoms. The van der Waals surface area contributed by atoms with Gasteiger partial charge in [0, 0.05) is 6.04 Å². The zero-order chi connectivity index (χ0) is 13.6. The van der Waals surface area contributed by atoms with E-state index in [0.29, 0.717) is 13.0 Å². The second-order valence-electron chi connectivity index (χ2n) is 4.12. The van der Waals surface area contributed by atoms with Crippen LogP contribution in [0.1, 0.15) is 27.2 Å². The van der Waals surface area contributed by atoms with Crippen LogP contribution in [0.15, 0.2) is 0 Å². The number of halogens is 3. The monoisotopic (exact) mass is 255 g/mol. The zero-order valence-corrected chi connectivity index (χ0v) is 10.3. The highest BCUT2D eigenvalue weighted by atomic mass is 19.4. The van der Waals surface area contributed by atoms with Crippen LogP contribution >= 0.6 is 0 Å². The summed E-state index contributed by atoms with van der Waals surface area (Å²) in [6.45, 7) is 4.24. The highest BCUT2D eigenvalue weighted by molar-refractivity contribution is 5.78. The molecular weight excluding hydrogens is 235 g/mol. The highest BCUT2D eigenvalue weighted by Crippen LogP contribution is 2.21. The summed E-state index contributed by atoms with van der Waals surface area (Å²) in [7, 11) is 0. The Morgan fingerprint density at radius 3 is 2.29 bits per heavy atom. The van der Waals surface area contributed by atoms with Crippen molar-refractivity contribution in [2.24, 2.45) is 11.8 Å². The number of carbonyl (C=O) groups excluding carboxylic acids is 1. The molecule has 2 atom stereocenters. The Hall–Kier alpha value is -0.820. The number of alkyl halides is 3. The van der Waals surface area contributed by atoms with Crippen molar-refractivity contribution >= 4 is 5.91 Å². The fourth-order valence-electron chi connectivity index (χ4n) is 1.61. The molecule has 0 saturated heterocycles. The van der Waals surface area contributed by atoms with Gasteiger partial charge in [-0.2, -0.15) is 13.2 Å². The van der Waals surface area contributed by atoms with Crippen LogP contribution in [0.2, 0.25) is 0 Å². The molecule has 102 valence electrons. The van der Waals surface area contributed by atoms with E-state index in [2.05, 4.69) is 0 Å². The van der Waals surface area contributed by atoms with Crippen LogP contribution in [-0.4, -0.2) is 36.1 Å². The minimum Gasteiger partial charge on any atom is -0.294 e. The number of carbonyl (C=O) groups is 1. The van der Waals surface area contributed by atoms with Crippen molar-refractivity contribution in [1.29, 1.82) is 0 Å². The summed E-state index contributed by atoms with van der Waals surface area (Å²) in [5.41, 5.74) is 1.96. The number of hydrogen-bond acceptors (Lipinski definition) is 3. The Kier molecular flexibility index (Phi) is 6.48. The summed E-state index contributed by atoms with van der Waals surface area (Å²) in [5.74, 6) is 3.93. The van der Waals surface area contributed by atoms with E-state index in [0.717, 1.165) is 0 Å². The lowest BCUT2D eigenvalue weighted by Gasteiger charge is -2.32. The van der Waals surface area contributed by atoms with Crippen LogP contribution in [0.4, 0.5) is 13.2 Å². The molecule has 0 aliphatic heterocycles. The second kappa shape index (κ2) is 6.80. The first kappa shape index (κ1) is 16.2. The van der Waals surface area contributed by atoms with Crippen LogP contribution in [0.3, 0.4) is 0 Å². The second-order valence-corrected chi connectivity index (χ2v) is 4.12. The van der Waals surface area contributed by atoms with Crippen molar-refractivity contribution < 1.29 is 18.0 Å². The number of nitrogens with zero attached hydrogens (tertiary/aromatic N) is 1. The van der Waals surface area contributed by atoms with Crippen LogP contribution in [0.25, 0.3) is 0 Å². The van der Waals surface area contributed by atoms with Crippen LogP contribution in [-0.2, 0) is 4.79 Å². The number of hydrogen-bond donors (Lipinski definition) is 2. The molecular formula is C10H20F3N3O. The fraction of sp³-hybridized carbons (Fsp3) is 0.900. The third-order valence-corrected chi connectivity index (χ3v) is 2.75. The smallest absolute Gasteiger partial charge is 0.294 e. The zero-order valence-electron chi connectivity index (χ0n) is 10.3. The fourth-order valence-corrected chi connectivity index (χ4v) is 1.61. The van der Waals surface area contributed by atoms with Gasteiger partial charge < -0.3 is 0 Å². The summed E-state index contributed by atoms with van der Waals surface area (Å²) in [6.07, 6.45) is -3.67. The van der Waals surface area contributed by atoms with Gasteiger partial charge in [0.05, 0.1) is 12.5 Å². The molecule has 0 bridgehead atoms. The molecule has 0 fully saturated rings. The van der Waals surface area contributed by atoms with E-state index in [1.807, 2.05) is 5.43 Å². The van der Waals surface area contributed by atoms with Crippen molar-refractivity contribution in [3.63, 3.8) is 0 Å². The molecule has 0 aliphatic rings. The van der Waals surface area contributed by atoms with E-state index in [4.69, 9.17) is 5.84 Å². The summed E-state index contributed by atoms with van der Waals surface area (Å²) < 4.78 is 37.1. The first-order valence-corrected chi connectivity index (χ1v) is 5.54. The molecule has 0 aromatic heterocycles. The largest absolute Gasteiger partial charge is 0.401 e. The molecule has 7 heteroatoms. The lowest BCUT2D eigenvalue weighted by molar-refractivity contribution is -0.154. The van der Waals surface area contributed by atoms with Gasteiger partial charge in [0.1, 0.15) is 0 Å². The van der Waals surface area contributed by atoms with Gasteiger partial charge >= 0.3 is 6.18 Å². The molecule has 1 amide bonds. The molecule has 0 spiro atoms. The maximum atomic E-state index is 12.4. The van der Waals surface area contributed by atoms with Gasteiger partial charge in [0.15, 0.2) is 0 Å². The van der Waals surface area contributed by atoms with Gasteiger partial charge in [-0.1, -0.05) is 13.8 Å². The Balaban J connectivity index is 4.63. The lowest BCUT2D eigenvalue weighted by Crippen LogP contribution is -2.48. The minimum atomic E-state index is -4.26. The molecule has 0 aliphatic carbocycles. The SMILES string of the molecule is CCCN(CC(F)(F)F)C(C)C(C)C(=O)NN. The van der Waals surface area contributed by atoms with Crippen LogP contribution < -0.4 is 11.3 Å². The molecule has 3 N–H and O–H groups in total. The van der Waals surface area contributed by atoms with Crippen LogP contribution in [0.5, 0.6) is 0 Å². The molecule has 0 aromatic rings. The number of amides is 1. The summed E-state index contributed by atoms with van der Waals surface area (Å²) in [4.78, 5) is 12.5. The summed E-state index contributed by atoms with van der Waals surface area (Å²) in [6, 6.07) is -0.514. The minimum absolute atomic E-state index is 0.295. The standard InChI is InChI=1S/C10H20F3N3O/c1-4-5-16(6-10(11,12)13)8(3)7(2)9(17)15-14/h7-8H,4-6,14H2,1-3H3,(H,15,17). The van der Waals surface area contributed by atoms with E-state index in [-0.39, 0.29) is 0 Å². The molecule has 2 unspecified atom stereocenters. The topological polar surface area (TPSA) is 58.4 Å². The van der Waals surface area contributed by atoms with Crippen molar-refractivity contribution in [3.8, 4) is 0 Å². The Bertz CT molecular complexity index is 245. The van der Waals surface area contributed by atoms with Gasteiger partial charge in [0.2, 0.25) is 5.91 Å². The van der Waals surface area contributed by atoms with E-state index < -0.39 is 30.6 Å². The first-order chi connectivity index (χ1) is 7.72. The van der Waals surface area contributed by atoms with Gasteiger partial charge in [0.25, 0.3) is 0 Å². The predicted molar refractivity (Wildman–Crippen MR) is 58.9 cm³/mol. The van der Waals surface area contributed by atoms with Gasteiger partial charge in [-0.15, -0.1) is 0 Å². The van der Waals surface area contributed by atoms with Gasteiger partial charge in [-0.25, -0.2) is 5.84 Å².